The number of ether oxygens (including phenoxy) is 1. The van der Waals surface area contributed by atoms with Crippen LogP contribution in [0, 0.1) is 11.6 Å². The number of aryl methyl sites for hydroxylation is 1. The van der Waals surface area contributed by atoms with E-state index >= 15 is 0 Å². The number of rotatable bonds is 3. The summed E-state index contributed by atoms with van der Waals surface area (Å²) >= 11 is 0. The maximum absolute atomic E-state index is 14.2. The number of hydrogen-bond acceptors (Lipinski definition) is 3. The third-order valence-electron chi connectivity index (χ3n) is 3.71. The molecule has 1 aromatic heterocycles. The van der Waals surface area contributed by atoms with E-state index in [4.69, 9.17) is 4.74 Å². The summed E-state index contributed by atoms with van der Waals surface area (Å²) in [7, 11) is 0. The number of nitrogens with zero attached hydrogens (tertiary/aromatic N) is 1. The highest BCUT2D eigenvalue weighted by Crippen LogP contribution is 2.24. The lowest BCUT2D eigenvalue weighted by molar-refractivity contribution is 0.101. The van der Waals surface area contributed by atoms with Gasteiger partial charge in [0.2, 0.25) is 0 Å². The Bertz CT molecular complexity index is 728. The number of benzene rings is 1. The molecule has 2 N–H and O–H groups in total. The van der Waals surface area contributed by atoms with Gasteiger partial charge in [-0.2, -0.15) is 5.10 Å². The largest absolute Gasteiger partial charge is 0.376 e. The molecule has 0 radical (unpaired) electrons. The predicted octanol–water partition coefficient (Wildman–Crippen LogP) is 2.58. The lowest BCUT2D eigenvalue weighted by Crippen LogP contribution is -2.19. The Hall–Kier alpha value is -2.28. The lowest BCUT2D eigenvalue weighted by atomic mass is 10.1. The number of nitrogens with one attached hydrogen (secondary N) is 2. The van der Waals surface area contributed by atoms with Gasteiger partial charge in [0.15, 0.2) is 5.82 Å². The maximum atomic E-state index is 14.2. The van der Waals surface area contributed by atoms with Gasteiger partial charge in [-0.25, -0.2) is 8.78 Å². The topological polar surface area (TPSA) is 67.0 Å². The van der Waals surface area contributed by atoms with E-state index in [9.17, 15) is 13.6 Å². The number of carbonyl (C=O) groups excluding carboxylic acids is 1. The molecule has 0 bridgehead atoms. The zero-order chi connectivity index (χ0) is 15.7. The third kappa shape index (κ3) is 2.48. The number of hydrogen-bond donors (Lipinski definition) is 2. The highest BCUT2D eigenvalue weighted by Gasteiger charge is 2.23. The van der Waals surface area contributed by atoms with E-state index in [1.54, 1.807) is 6.92 Å². The Morgan fingerprint density at radius 1 is 1.45 bits per heavy atom. The number of carbonyl (C=O) groups is 1. The number of amides is 1. The van der Waals surface area contributed by atoms with Crippen LogP contribution in [0.3, 0.4) is 0 Å². The molecule has 0 fully saturated rings. The van der Waals surface area contributed by atoms with E-state index in [1.165, 1.54) is 6.07 Å². The van der Waals surface area contributed by atoms with Crippen molar-refractivity contribution in [2.24, 2.45) is 0 Å². The van der Waals surface area contributed by atoms with Crippen molar-refractivity contribution in [3.05, 3.63) is 46.2 Å². The van der Waals surface area contributed by atoms with Crippen LogP contribution < -0.4 is 5.32 Å². The van der Waals surface area contributed by atoms with Crippen LogP contribution in [0.15, 0.2) is 12.1 Å². The molecule has 0 saturated heterocycles. The molecule has 3 rings (SSSR count). The van der Waals surface area contributed by atoms with Crippen molar-refractivity contribution in [1.82, 2.24) is 10.2 Å². The van der Waals surface area contributed by atoms with Gasteiger partial charge in [-0.1, -0.05) is 13.0 Å². The van der Waals surface area contributed by atoms with Crippen molar-refractivity contribution in [2.45, 2.75) is 26.4 Å². The summed E-state index contributed by atoms with van der Waals surface area (Å²) in [6, 6.07) is 2.44. The molecule has 0 aliphatic carbocycles. The summed E-state index contributed by atoms with van der Waals surface area (Å²) < 4.78 is 33.3. The van der Waals surface area contributed by atoms with E-state index in [-0.39, 0.29) is 5.82 Å². The minimum atomic E-state index is -0.896. The standard InChI is InChI=1S/C15H15F2N3O2/c1-2-8-3-4-10(16)12(13(8)17)15(21)18-14-9-7-22-6-5-11(9)19-20-14/h3-4H,2,5-7H2,1H3,(H2,18,19,20,21). The van der Waals surface area contributed by atoms with Gasteiger partial charge in [0, 0.05) is 17.7 Å². The molecule has 7 heteroatoms. The van der Waals surface area contributed by atoms with Crippen molar-refractivity contribution in [3.8, 4) is 0 Å². The van der Waals surface area contributed by atoms with Crippen molar-refractivity contribution >= 4 is 11.7 Å². The molecular weight excluding hydrogens is 292 g/mol. The molecule has 0 saturated carbocycles. The average Bonchev–Trinajstić information content (AvgIpc) is 2.91. The van der Waals surface area contributed by atoms with Gasteiger partial charge in [0.25, 0.3) is 5.91 Å². The zero-order valence-electron chi connectivity index (χ0n) is 12.0. The first-order valence-electron chi connectivity index (χ1n) is 7.04. The van der Waals surface area contributed by atoms with E-state index in [1.807, 2.05) is 0 Å². The summed E-state index contributed by atoms with van der Waals surface area (Å²) in [5, 5.41) is 9.24. The highest BCUT2D eigenvalue weighted by atomic mass is 19.1. The van der Waals surface area contributed by atoms with Crippen molar-refractivity contribution in [1.29, 1.82) is 0 Å². The van der Waals surface area contributed by atoms with Gasteiger partial charge in [0.1, 0.15) is 17.2 Å². The van der Waals surface area contributed by atoms with Crippen molar-refractivity contribution < 1.29 is 18.3 Å². The molecule has 0 atom stereocenters. The Labute approximate surface area is 125 Å². The molecule has 1 amide bonds. The first kappa shape index (κ1) is 14.6. The van der Waals surface area contributed by atoms with Crippen LogP contribution in [0.25, 0.3) is 0 Å². The third-order valence-corrected chi connectivity index (χ3v) is 3.71. The smallest absolute Gasteiger partial charge is 0.262 e. The summed E-state index contributed by atoms with van der Waals surface area (Å²) in [6.45, 7) is 2.62. The molecule has 0 unspecified atom stereocenters. The van der Waals surface area contributed by atoms with Crippen molar-refractivity contribution in [2.75, 3.05) is 11.9 Å². The van der Waals surface area contributed by atoms with Crippen LogP contribution in [-0.2, 0) is 24.2 Å². The number of aromatic nitrogens is 2. The van der Waals surface area contributed by atoms with Gasteiger partial charge in [-0.3, -0.25) is 9.89 Å². The second-order valence-electron chi connectivity index (χ2n) is 5.04. The maximum Gasteiger partial charge on any atom is 0.262 e. The molecule has 1 aliphatic rings. The minimum Gasteiger partial charge on any atom is -0.376 e. The average molecular weight is 307 g/mol. The van der Waals surface area contributed by atoms with Crippen LogP contribution in [0.1, 0.15) is 34.1 Å². The molecule has 2 aromatic rings. The van der Waals surface area contributed by atoms with E-state index in [0.29, 0.717) is 37.2 Å². The summed E-state index contributed by atoms with van der Waals surface area (Å²) in [5.74, 6) is -2.33. The predicted molar refractivity (Wildman–Crippen MR) is 75.6 cm³/mol. The van der Waals surface area contributed by atoms with Crippen LogP contribution in [-0.4, -0.2) is 22.7 Å². The Morgan fingerprint density at radius 3 is 3.05 bits per heavy atom. The number of anilines is 1. The number of fused-ring (bicyclic) bond motifs is 1. The molecular formula is C15H15F2N3O2. The van der Waals surface area contributed by atoms with Crippen LogP contribution in [0.2, 0.25) is 0 Å². The van der Waals surface area contributed by atoms with Crippen LogP contribution >= 0.6 is 0 Å². The van der Waals surface area contributed by atoms with Gasteiger partial charge in [0.05, 0.1) is 13.2 Å². The molecule has 0 spiro atoms. The fraction of sp³-hybridized carbons (Fsp3) is 0.333. The summed E-state index contributed by atoms with van der Waals surface area (Å²) in [5.41, 5.74) is 1.28. The Balaban J connectivity index is 1.91. The monoisotopic (exact) mass is 307 g/mol. The SMILES string of the molecule is CCc1ccc(F)c(C(=O)Nc2n[nH]c3c2COCC3)c1F. The van der Waals surface area contributed by atoms with Crippen molar-refractivity contribution in [3.63, 3.8) is 0 Å². The van der Waals surface area contributed by atoms with E-state index in [2.05, 4.69) is 15.5 Å². The summed E-state index contributed by atoms with van der Waals surface area (Å²) in [4.78, 5) is 12.2. The fourth-order valence-corrected chi connectivity index (χ4v) is 2.46. The van der Waals surface area contributed by atoms with E-state index < -0.39 is 23.1 Å². The van der Waals surface area contributed by atoms with Crippen LogP contribution in [0.4, 0.5) is 14.6 Å². The number of H-pyrrole nitrogens is 1. The number of halogens is 2. The quantitative estimate of drug-likeness (QED) is 0.916. The van der Waals surface area contributed by atoms with Gasteiger partial charge in [-0.15, -0.1) is 0 Å². The first-order chi connectivity index (χ1) is 10.6. The zero-order valence-corrected chi connectivity index (χ0v) is 12.0. The van der Waals surface area contributed by atoms with Gasteiger partial charge >= 0.3 is 0 Å². The molecule has 22 heavy (non-hydrogen) atoms. The molecule has 5 nitrogen and oxygen atoms in total. The normalized spacial score (nSPS) is 13.8. The lowest BCUT2D eigenvalue weighted by Gasteiger charge is -2.13. The Morgan fingerprint density at radius 2 is 2.27 bits per heavy atom. The number of aromatic amines is 1. The molecule has 2 heterocycles. The Kier molecular flexibility index (Phi) is 3.89. The second-order valence-corrected chi connectivity index (χ2v) is 5.04. The van der Waals surface area contributed by atoms with E-state index in [0.717, 1.165) is 11.8 Å². The highest BCUT2D eigenvalue weighted by molar-refractivity contribution is 6.04. The fourth-order valence-electron chi connectivity index (χ4n) is 2.46. The second kappa shape index (κ2) is 5.84. The van der Waals surface area contributed by atoms with Gasteiger partial charge in [-0.05, 0) is 18.1 Å². The van der Waals surface area contributed by atoms with Gasteiger partial charge < -0.3 is 10.1 Å². The molecule has 1 aromatic carbocycles. The summed E-state index contributed by atoms with van der Waals surface area (Å²) in [6.07, 6.45) is 1.03. The van der Waals surface area contributed by atoms with Crippen LogP contribution in [0.5, 0.6) is 0 Å². The molecule has 116 valence electrons. The minimum absolute atomic E-state index is 0.250. The first-order valence-corrected chi connectivity index (χ1v) is 7.04. The molecule has 1 aliphatic heterocycles.